The van der Waals surface area contributed by atoms with Crippen LogP contribution in [0, 0.1) is 0 Å². The predicted octanol–water partition coefficient (Wildman–Crippen LogP) is 4.18. The van der Waals surface area contributed by atoms with E-state index in [0.29, 0.717) is 22.3 Å². The molecule has 1 aromatic heterocycles. The average molecular weight is 330 g/mol. The summed E-state index contributed by atoms with van der Waals surface area (Å²) in [5.41, 5.74) is -0.570. The molecule has 1 fully saturated rings. The summed E-state index contributed by atoms with van der Waals surface area (Å²) in [6.07, 6.45) is -3.98. The largest absolute Gasteiger partial charge is 0.398 e. The number of aromatic amines is 1. The summed E-state index contributed by atoms with van der Waals surface area (Å²) in [7, 11) is 0. The topological polar surface area (TPSA) is 45.8 Å². The second-order valence-electron chi connectivity index (χ2n) is 6.09. The van der Waals surface area contributed by atoms with Gasteiger partial charge >= 0.3 is 6.18 Å². The Kier molecular flexibility index (Phi) is 3.07. The number of nitrogens with zero attached hydrogens (tertiary/aromatic N) is 1. The van der Waals surface area contributed by atoms with Crippen molar-refractivity contribution in [1.29, 1.82) is 0 Å². The van der Waals surface area contributed by atoms with Gasteiger partial charge in [0.05, 0.1) is 16.3 Å². The Bertz CT molecular complexity index is 970. The summed E-state index contributed by atoms with van der Waals surface area (Å²) in [5, 5.41) is 0.479. The standard InChI is InChI=1S/C18H13F3N2O/c19-18(20,21)17(9-10-17)12-7-5-11(6-8-12)15-22-14-4-2-1-3-13(14)16(24)23-15/h1-8H,9-10H2,(H,22,23,24). The highest BCUT2D eigenvalue weighted by atomic mass is 19.4. The first-order chi connectivity index (χ1) is 11.4. The lowest BCUT2D eigenvalue weighted by Gasteiger charge is -2.19. The van der Waals surface area contributed by atoms with E-state index in [-0.39, 0.29) is 24.0 Å². The maximum Gasteiger partial charge on any atom is 0.398 e. The molecule has 0 saturated heterocycles. The van der Waals surface area contributed by atoms with Crippen LogP contribution in [0.4, 0.5) is 13.2 Å². The van der Waals surface area contributed by atoms with E-state index in [1.165, 1.54) is 12.1 Å². The highest BCUT2D eigenvalue weighted by Gasteiger charge is 2.64. The third-order valence-electron chi connectivity index (χ3n) is 4.62. The van der Waals surface area contributed by atoms with Gasteiger partial charge in [0.15, 0.2) is 0 Å². The number of fused-ring (bicyclic) bond motifs is 1. The van der Waals surface area contributed by atoms with Gasteiger partial charge in [-0.2, -0.15) is 13.2 Å². The molecule has 0 unspecified atom stereocenters. The quantitative estimate of drug-likeness (QED) is 0.766. The average Bonchev–Trinajstić information content (AvgIpc) is 3.37. The molecule has 6 heteroatoms. The van der Waals surface area contributed by atoms with E-state index in [1.54, 1.807) is 36.4 Å². The molecule has 4 rings (SSSR count). The number of nitrogens with one attached hydrogen (secondary N) is 1. The maximum atomic E-state index is 13.2. The van der Waals surface area contributed by atoms with Gasteiger partial charge in [-0.05, 0) is 30.5 Å². The van der Waals surface area contributed by atoms with E-state index in [2.05, 4.69) is 9.97 Å². The van der Waals surface area contributed by atoms with Crippen LogP contribution in [0.3, 0.4) is 0 Å². The van der Waals surface area contributed by atoms with Crippen molar-refractivity contribution >= 4 is 10.9 Å². The Hall–Kier alpha value is -2.63. The second-order valence-corrected chi connectivity index (χ2v) is 6.09. The zero-order valence-electron chi connectivity index (χ0n) is 12.5. The van der Waals surface area contributed by atoms with Crippen LogP contribution in [-0.2, 0) is 5.41 Å². The van der Waals surface area contributed by atoms with Gasteiger partial charge in [0.25, 0.3) is 5.56 Å². The summed E-state index contributed by atoms with van der Waals surface area (Å²) < 4.78 is 39.5. The molecule has 1 saturated carbocycles. The van der Waals surface area contributed by atoms with Crippen molar-refractivity contribution in [3.8, 4) is 11.4 Å². The summed E-state index contributed by atoms with van der Waals surface area (Å²) in [5.74, 6) is 0.349. The minimum Gasteiger partial charge on any atom is -0.306 e. The molecule has 0 amide bonds. The zero-order valence-corrected chi connectivity index (χ0v) is 12.5. The molecule has 3 nitrogen and oxygen atoms in total. The van der Waals surface area contributed by atoms with Gasteiger partial charge in [0.1, 0.15) is 5.82 Å². The monoisotopic (exact) mass is 330 g/mol. The van der Waals surface area contributed by atoms with Crippen LogP contribution in [0.25, 0.3) is 22.3 Å². The number of hydrogen-bond acceptors (Lipinski definition) is 2. The molecule has 0 atom stereocenters. The van der Waals surface area contributed by atoms with Crippen molar-refractivity contribution < 1.29 is 13.2 Å². The van der Waals surface area contributed by atoms with E-state index in [1.807, 2.05) is 0 Å². The highest BCUT2D eigenvalue weighted by molar-refractivity contribution is 5.79. The lowest BCUT2D eigenvalue weighted by atomic mass is 9.94. The molecule has 0 aliphatic heterocycles. The summed E-state index contributed by atoms with van der Waals surface area (Å²) >= 11 is 0. The Morgan fingerprint density at radius 1 is 1.00 bits per heavy atom. The molecule has 0 radical (unpaired) electrons. The lowest BCUT2D eigenvalue weighted by molar-refractivity contribution is -0.160. The Morgan fingerprint density at radius 3 is 2.29 bits per heavy atom. The smallest absolute Gasteiger partial charge is 0.306 e. The number of hydrogen-bond donors (Lipinski definition) is 1. The molecule has 1 N–H and O–H groups in total. The first-order valence-corrected chi connectivity index (χ1v) is 7.57. The van der Waals surface area contributed by atoms with Gasteiger partial charge < -0.3 is 4.98 Å². The first-order valence-electron chi connectivity index (χ1n) is 7.57. The fourth-order valence-electron chi connectivity index (χ4n) is 3.03. The van der Waals surface area contributed by atoms with Crippen LogP contribution in [0.15, 0.2) is 53.3 Å². The summed E-state index contributed by atoms with van der Waals surface area (Å²) in [4.78, 5) is 19.2. The number of aromatic nitrogens is 2. The molecule has 0 bridgehead atoms. The Labute approximate surface area is 135 Å². The molecular formula is C18H13F3N2O. The van der Waals surface area contributed by atoms with Crippen LogP contribution >= 0.6 is 0 Å². The van der Waals surface area contributed by atoms with Crippen molar-refractivity contribution in [2.24, 2.45) is 0 Å². The van der Waals surface area contributed by atoms with E-state index in [4.69, 9.17) is 0 Å². The van der Waals surface area contributed by atoms with E-state index in [0.717, 1.165) is 0 Å². The SMILES string of the molecule is O=c1[nH]c(-c2ccc(C3(C(F)(F)F)CC3)cc2)nc2ccccc12. The van der Waals surface area contributed by atoms with Crippen molar-refractivity contribution in [3.05, 3.63) is 64.4 Å². The minimum absolute atomic E-state index is 0.126. The highest BCUT2D eigenvalue weighted by Crippen LogP contribution is 2.58. The number of para-hydroxylation sites is 1. The van der Waals surface area contributed by atoms with Crippen LogP contribution < -0.4 is 5.56 Å². The first kappa shape index (κ1) is 14.9. The zero-order chi connectivity index (χ0) is 16.9. The van der Waals surface area contributed by atoms with E-state index < -0.39 is 11.6 Å². The van der Waals surface area contributed by atoms with Crippen molar-refractivity contribution in [1.82, 2.24) is 9.97 Å². The summed E-state index contributed by atoms with van der Waals surface area (Å²) in [6, 6.07) is 13.0. The lowest BCUT2D eigenvalue weighted by Crippen LogP contribution is -2.28. The normalized spacial score (nSPS) is 16.3. The molecule has 1 aliphatic carbocycles. The van der Waals surface area contributed by atoms with E-state index >= 15 is 0 Å². The van der Waals surface area contributed by atoms with Crippen LogP contribution in [-0.4, -0.2) is 16.1 Å². The number of alkyl halides is 3. The number of halogens is 3. The molecule has 3 aromatic rings. The van der Waals surface area contributed by atoms with Crippen LogP contribution in [0.2, 0.25) is 0 Å². The molecule has 1 heterocycles. The third kappa shape index (κ3) is 2.21. The van der Waals surface area contributed by atoms with Gasteiger partial charge in [0, 0.05) is 5.56 Å². The maximum absolute atomic E-state index is 13.2. The fraction of sp³-hybridized carbons (Fsp3) is 0.222. The van der Waals surface area contributed by atoms with Crippen LogP contribution in [0.5, 0.6) is 0 Å². The van der Waals surface area contributed by atoms with Crippen molar-refractivity contribution in [3.63, 3.8) is 0 Å². The van der Waals surface area contributed by atoms with Gasteiger partial charge in [0.2, 0.25) is 0 Å². The Balaban J connectivity index is 1.75. The number of benzene rings is 2. The number of rotatable bonds is 2. The molecule has 2 aromatic carbocycles. The molecule has 122 valence electrons. The molecule has 1 aliphatic rings. The van der Waals surface area contributed by atoms with Gasteiger partial charge in [-0.3, -0.25) is 4.79 Å². The van der Waals surface area contributed by atoms with Gasteiger partial charge in [-0.1, -0.05) is 36.4 Å². The molecule has 24 heavy (non-hydrogen) atoms. The fourth-order valence-corrected chi connectivity index (χ4v) is 3.03. The van der Waals surface area contributed by atoms with Gasteiger partial charge in [-0.25, -0.2) is 4.98 Å². The van der Waals surface area contributed by atoms with E-state index in [9.17, 15) is 18.0 Å². The summed E-state index contributed by atoms with van der Waals surface area (Å²) in [6.45, 7) is 0. The third-order valence-corrected chi connectivity index (χ3v) is 4.62. The number of H-pyrrole nitrogens is 1. The van der Waals surface area contributed by atoms with Gasteiger partial charge in [-0.15, -0.1) is 0 Å². The Morgan fingerprint density at radius 2 is 1.67 bits per heavy atom. The molecular weight excluding hydrogens is 317 g/mol. The van der Waals surface area contributed by atoms with Crippen LogP contribution in [0.1, 0.15) is 18.4 Å². The molecule has 0 spiro atoms. The van der Waals surface area contributed by atoms with Crippen molar-refractivity contribution in [2.45, 2.75) is 24.4 Å². The van der Waals surface area contributed by atoms with Crippen molar-refractivity contribution in [2.75, 3.05) is 0 Å². The predicted molar refractivity (Wildman–Crippen MR) is 84.8 cm³/mol. The minimum atomic E-state index is -4.23. The second kappa shape index (κ2) is 4.93.